The van der Waals surface area contributed by atoms with Crippen molar-refractivity contribution in [3.8, 4) is 5.69 Å². The van der Waals surface area contributed by atoms with Gasteiger partial charge in [0.25, 0.3) is 0 Å². The van der Waals surface area contributed by atoms with Crippen LogP contribution >= 0.6 is 0 Å². The minimum atomic E-state index is -0.404. The minimum absolute atomic E-state index is 0.292. The molecule has 3 rings (SSSR count). The molecule has 2 amide bonds. The highest BCUT2D eigenvalue weighted by atomic mass is 19.1. The average molecular weight is 394 g/mol. The molecule has 2 N–H and O–H groups in total. The molecule has 7 heteroatoms. The van der Waals surface area contributed by atoms with Crippen LogP contribution in [0.25, 0.3) is 5.69 Å². The lowest BCUT2D eigenvalue weighted by molar-refractivity contribution is -0.127. The normalized spacial score (nSPS) is 11.7. The monoisotopic (exact) mass is 394 g/mol. The number of carbonyl (C=O) groups is 2. The molecule has 6 nitrogen and oxygen atoms in total. The summed E-state index contributed by atoms with van der Waals surface area (Å²) < 4.78 is 15.3. The molecule has 3 aromatic rings. The van der Waals surface area contributed by atoms with Gasteiger partial charge in [0.15, 0.2) is 0 Å². The first-order valence-corrected chi connectivity index (χ1v) is 9.30. The van der Waals surface area contributed by atoms with Crippen molar-refractivity contribution in [2.45, 2.75) is 33.2 Å². The molecule has 0 fully saturated rings. The van der Waals surface area contributed by atoms with Crippen LogP contribution in [0.3, 0.4) is 0 Å². The minimum Gasteiger partial charge on any atom is -0.349 e. The van der Waals surface area contributed by atoms with E-state index in [2.05, 4.69) is 15.7 Å². The summed E-state index contributed by atoms with van der Waals surface area (Å²) in [7, 11) is 0. The number of aryl methyl sites for hydroxylation is 1. The van der Waals surface area contributed by atoms with Crippen LogP contribution in [-0.4, -0.2) is 21.6 Å². The van der Waals surface area contributed by atoms with Crippen molar-refractivity contribution in [1.82, 2.24) is 15.1 Å². The van der Waals surface area contributed by atoms with Crippen LogP contribution in [0.1, 0.15) is 36.1 Å². The van der Waals surface area contributed by atoms with E-state index in [0.29, 0.717) is 16.9 Å². The van der Waals surface area contributed by atoms with Crippen LogP contribution < -0.4 is 10.6 Å². The van der Waals surface area contributed by atoms with E-state index >= 15 is 0 Å². The fourth-order valence-corrected chi connectivity index (χ4v) is 2.93. The summed E-state index contributed by atoms with van der Waals surface area (Å²) >= 11 is 0. The first-order valence-electron chi connectivity index (χ1n) is 9.30. The number of hydrogen-bond acceptors (Lipinski definition) is 3. The van der Waals surface area contributed by atoms with Gasteiger partial charge in [-0.25, -0.2) is 9.07 Å². The first-order chi connectivity index (χ1) is 13.8. The molecule has 0 aliphatic rings. The maximum Gasteiger partial charge on any atom is 0.233 e. The summed E-state index contributed by atoms with van der Waals surface area (Å²) in [5, 5.41) is 9.70. The van der Waals surface area contributed by atoms with Crippen LogP contribution in [0.5, 0.6) is 0 Å². The summed E-state index contributed by atoms with van der Waals surface area (Å²) in [5.41, 5.74) is 3.76. The molecule has 1 atom stereocenters. The lowest BCUT2D eigenvalue weighted by atomic mass is 10.1. The highest BCUT2D eigenvalue weighted by Gasteiger charge is 2.16. The second-order valence-corrected chi connectivity index (χ2v) is 6.93. The molecule has 0 aliphatic carbocycles. The lowest BCUT2D eigenvalue weighted by Gasteiger charge is -2.13. The molecule has 0 bridgehead atoms. The van der Waals surface area contributed by atoms with Crippen molar-refractivity contribution in [3.63, 3.8) is 0 Å². The van der Waals surface area contributed by atoms with Crippen molar-refractivity contribution >= 4 is 17.5 Å². The summed E-state index contributed by atoms with van der Waals surface area (Å²) in [4.78, 5) is 24.5. The van der Waals surface area contributed by atoms with E-state index in [1.165, 1.54) is 10.7 Å². The Morgan fingerprint density at radius 1 is 1.10 bits per heavy atom. The smallest absolute Gasteiger partial charge is 0.233 e. The summed E-state index contributed by atoms with van der Waals surface area (Å²) in [6, 6.07) is 11.5. The predicted molar refractivity (Wildman–Crippen MR) is 109 cm³/mol. The molecular weight excluding hydrogens is 371 g/mol. The highest BCUT2D eigenvalue weighted by Crippen LogP contribution is 2.19. The number of anilines is 1. The van der Waals surface area contributed by atoms with Crippen molar-refractivity contribution in [3.05, 3.63) is 77.4 Å². The first kappa shape index (κ1) is 20.3. The Balaban J connectivity index is 1.59. The number of para-hydroxylation sites is 1. The van der Waals surface area contributed by atoms with Gasteiger partial charge in [-0.2, -0.15) is 5.10 Å². The molecular formula is C22H23FN4O2. The largest absolute Gasteiger partial charge is 0.349 e. The van der Waals surface area contributed by atoms with Crippen molar-refractivity contribution < 1.29 is 14.0 Å². The second kappa shape index (κ2) is 8.68. The van der Waals surface area contributed by atoms with Crippen molar-refractivity contribution in [1.29, 1.82) is 0 Å². The van der Waals surface area contributed by atoms with Gasteiger partial charge in [0.1, 0.15) is 17.9 Å². The molecule has 0 radical (unpaired) electrons. The fraction of sp³-hybridized carbons (Fsp3) is 0.227. The number of hydrogen-bond donors (Lipinski definition) is 2. The van der Waals surface area contributed by atoms with Gasteiger partial charge < -0.3 is 10.6 Å². The van der Waals surface area contributed by atoms with E-state index in [0.717, 1.165) is 11.1 Å². The third kappa shape index (κ3) is 4.87. The van der Waals surface area contributed by atoms with Gasteiger partial charge in [0.2, 0.25) is 11.8 Å². The standard InChI is InChI=1S/C22H23FN4O2/c1-14-7-6-9-19(15(14)2)26-22(29)11-21(28)25-16(3)17-12-24-27(13-17)20-10-5-4-8-18(20)23/h4-10,12-13,16H,11H2,1-3H3,(H,25,28)(H,26,29)/t16-/m0/s1. The summed E-state index contributed by atoms with van der Waals surface area (Å²) in [6.07, 6.45) is 2.92. The number of rotatable bonds is 6. The fourth-order valence-electron chi connectivity index (χ4n) is 2.93. The topological polar surface area (TPSA) is 76.0 Å². The highest BCUT2D eigenvalue weighted by molar-refractivity contribution is 6.04. The zero-order chi connectivity index (χ0) is 21.0. The van der Waals surface area contributed by atoms with E-state index in [1.807, 2.05) is 26.0 Å². The van der Waals surface area contributed by atoms with Crippen LogP contribution in [0.4, 0.5) is 10.1 Å². The predicted octanol–water partition coefficient (Wildman–Crippen LogP) is 3.83. The molecule has 0 aliphatic heterocycles. The second-order valence-electron chi connectivity index (χ2n) is 6.93. The van der Waals surface area contributed by atoms with Gasteiger partial charge in [0, 0.05) is 17.4 Å². The SMILES string of the molecule is Cc1cccc(NC(=O)CC(=O)N[C@@H](C)c2cnn(-c3ccccc3F)c2)c1C. The Bertz CT molecular complexity index is 1040. The van der Waals surface area contributed by atoms with Gasteiger partial charge >= 0.3 is 0 Å². The number of benzene rings is 2. The van der Waals surface area contributed by atoms with Crippen LogP contribution in [0.2, 0.25) is 0 Å². The molecule has 0 unspecified atom stereocenters. The third-order valence-electron chi connectivity index (χ3n) is 4.78. The number of amides is 2. The molecule has 0 saturated heterocycles. The van der Waals surface area contributed by atoms with Crippen LogP contribution in [0, 0.1) is 19.7 Å². The molecule has 150 valence electrons. The summed E-state index contributed by atoms with van der Waals surface area (Å²) in [5.74, 6) is -1.17. The Morgan fingerprint density at radius 2 is 1.86 bits per heavy atom. The van der Waals surface area contributed by atoms with Gasteiger partial charge in [-0.1, -0.05) is 24.3 Å². The zero-order valence-corrected chi connectivity index (χ0v) is 16.6. The van der Waals surface area contributed by atoms with Gasteiger partial charge in [-0.3, -0.25) is 9.59 Å². The van der Waals surface area contributed by atoms with Crippen molar-refractivity contribution in [2.75, 3.05) is 5.32 Å². The lowest BCUT2D eigenvalue weighted by Crippen LogP contribution is -2.30. The maximum atomic E-state index is 13.9. The summed E-state index contributed by atoms with van der Waals surface area (Å²) in [6.45, 7) is 5.66. The Kier molecular flexibility index (Phi) is 6.07. The van der Waals surface area contributed by atoms with Crippen molar-refractivity contribution in [2.24, 2.45) is 0 Å². The van der Waals surface area contributed by atoms with Gasteiger partial charge in [-0.15, -0.1) is 0 Å². The quantitative estimate of drug-likeness (QED) is 0.624. The van der Waals surface area contributed by atoms with E-state index < -0.39 is 5.91 Å². The number of nitrogens with one attached hydrogen (secondary N) is 2. The van der Waals surface area contributed by atoms with Gasteiger partial charge in [0.05, 0.1) is 12.2 Å². The van der Waals surface area contributed by atoms with E-state index in [1.54, 1.807) is 43.6 Å². The third-order valence-corrected chi connectivity index (χ3v) is 4.78. The Hall–Kier alpha value is -3.48. The Morgan fingerprint density at radius 3 is 2.62 bits per heavy atom. The van der Waals surface area contributed by atoms with E-state index in [4.69, 9.17) is 0 Å². The molecule has 1 aromatic heterocycles. The molecule has 0 spiro atoms. The molecule has 2 aromatic carbocycles. The molecule has 1 heterocycles. The number of carbonyl (C=O) groups excluding carboxylic acids is 2. The zero-order valence-electron chi connectivity index (χ0n) is 16.6. The number of nitrogens with zero attached hydrogens (tertiary/aromatic N) is 2. The number of halogens is 1. The van der Waals surface area contributed by atoms with Crippen LogP contribution in [-0.2, 0) is 9.59 Å². The molecule has 0 saturated carbocycles. The Labute approximate surface area is 168 Å². The average Bonchev–Trinajstić information content (AvgIpc) is 3.16. The van der Waals surface area contributed by atoms with Crippen LogP contribution in [0.15, 0.2) is 54.9 Å². The maximum absolute atomic E-state index is 13.9. The van der Waals surface area contributed by atoms with Gasteiger partial charge in [-0.05, 0) is 50.1 Å². The van der Waals surface area contributed by atoms with E-state index in [9.17, 15) is 14.0 Å². The molecule has 29 heavy (non-hydrogen) atoms. The number of aromatic nitrogens is 2. The van der Waals surface area contributed by atoms with E-state index in [-0.39, 0.29) is 24.2 Å².